The third-order valence-electron chi connectivity index (χ3n) is 4.67. The number of phenolic OH excluding ortho intramolecular Hbond substituents is 1. The highest BCUT2D eigenvalue weighted by atomic mass is 35.5. The fraction of sp³-hybridized carbons (Fsp3) is 0.143. The van der Waals surface area contributed by atoms with Gasteiger partial charge in [0.1, 0.15) is 22.6 Å². The van der Waals surface area contributed by atoms with Crippen LogP contribution >= 0.6 is 22.9 Å². The quantitative estimate of drug-likeness (QED) is 0.255. The number of carbonyl (C=O) groups excluding carboxylic acids is 1. The molecule has 3 N–H and O–H groups in total. The molecule has 160 valence electrons. The number of nitrogens with one attached hydrogen (secondary N) is 2. The Bertz CT molecular complexity index is 1330. The van der Waals surface area contributed by atoms with Gasteiger partial charge in [-0.1, -0.05) is 17.7 Å². The van der Waals surface area contributed by atoms with Crippen LogP contribution in [-0.2, 0) is 10.0 Å². The van der Waals surface area contributed by atoms with Crippen LogP contribution in [0.5, 0.6) is 5.75 Å². The van der Waals surface area contributed by atoms with E-state index in [1.54, 1.807) is 0 Å². The van der Waals surface area contributed by atoms with Gasteiger partial charge in [0.2, 0.25) is 10.0 Å². The number of ketones is 1. The Morgan fingerprint density at radius 2 is 1.94 bits per heavy atom. The third-order valence-corrected chi connectivity index (χ3v) is 7.28. The van der Waals surface area contributed by atoms with E-state index in [4.69, 9.17) is 11.6 Å². The number of H-pyrrole nitrogens is 1. The number of phenols is 1. The van der Waals surface area contributed by atoms with Crippen LogP contribution in [-0.4, -0.2) is 35.8 Å². The van der Waals surface area contributed by atoms with Crippen LogP contribution in [0, 0.1) is 0 Å². The minimum atomic E-state index is -3.67. The molecule has 0 bridgehead atoms. The Hall–Kier alpha value is -2.72. The molecule has 0 saturated carbocycles. The number of sulfonamides is 1. The van der Waals surface area contributed by atoms with E-state index in [2.05, 4.69) is 14.7 Å². The summed E-state index contributed by atoms with van der Waals surface area (Å²) in [5, 5.41) is 12.5. The molecule has 4 rings (SSSR count). The molecule has 0 unspecified atom stereocenters. The SMILES string of the molecule is O=C(CCCNS(=O)(=O)c1ccc(Cl)cc1)c1ccc(O)c2[nH]c(-c3cccs3)nc12. The van der Waals surface area contributed by atoms with Gasteiger partial charge in [0.15, 0.2) is 5.78 Å². The first-order valence-electron chi connectivity index (χ1n) is 9.39. The van der Waals surface area contributed by atoms with Gasteiger partial charge in [-0.15, -0.1) is 11.3 Å². The Balaban J connectivity index is 1.44. The number of rotatable bonds is 8. The summed E-state index contributed by atoms with van der Waals surface area (Å²) in [5.74, 6) is 0.411. The number of fused-ring (bicyclic) bond motifs is 1. The largest absolute Gasteiger partial charge is 0.506 e. The second-order valence-corrected chi connectivity index (χ2v) is 9.95. The van der Waals surface area contributed by atoms with Crippen LogP contribution in [0.2, 0.25) is 5.02 Å². The molecule has 0 spiro atoms. The van der Waals surface area contributed by atoms with Crippen molar-refractivity contribution in [3.05, 3.63) is 64.5 Å². The molecule has 0 amide bonds. The van der Waals surface area contributed by atoms with Crippen molar-refractivity contribution >= 4 is 49.8 Å². The smallest absolute Gasteiger partial charge is 0.240 e. The van der Waals surface area contributed by atoms with E-state index < -0.39 is 10.0 Å². The van der Waals surface area contributed by atoms with E-state index >= 15 is 0 Å². The fourth-order valence-electron chi connectivity index (χ4n) is 3.12. The lowest BCUT2D eigenvalue weighted by atomic mass is 10.0. The average molecular weight is 476 g/mol. The van der Waals surface area contributed by atoms with Crippen LogP contribution < -0.4 is 4.72 Å². The zero-order valence-corrected chi connectivity index (χ0v) is 18.5. The Labute approximate surface area is 187 Å². The van der Waals surface area contributed by atoms with E-state index in [9.17, 15) is 18.3 Å². The predicted molar refractivity (Wildman–Crippen MR) is 121 cm³/mol. The molecule has 0 fully saturated rings. The molecule has 0 aliphatic rings. The van der Waals surface area contributed by atoms with Crippen molar-refractivity contribution in [3.63, 3.8) is 0 Å². The van der Waals surface area contributed by atoms with Gasteiger partial charge in [-0.05, 0) is 54.3 Å². The molecule has 2 aromatic heterocycles. The first-order valence-corrected chi connectivity index (χ1v) is 12.1. The molecule has 2 aromatic carbocycles. The topological polar surface area (TPSA) is 112 Å². The molecule has 2 heterocycles. The van der Waals surface area contributed by atoms with Gasteiger partial charge in [-0.25, -0.2) is 18.1 Å². The van der Waals surface area contributed by atoms with Crippen LogP contribution in [0.15, 0.2) is 58.8 Å². The normalized spacial score (nSPS) is 11.8. The van der Waals surface area contributed by atoms with Gasteiger partial charge < -0.3 is 10.1 Å². The maximum absolute atomic E-state index is 12.8. The lowest BCUT2D eigenvalue weighted by molar-refractivity contribution is 0.0982. The van der Waals surface area contributed by atoms with E-state index in [1.807, 2.05) is 17.5 Å². The number of carbonyl (C=O) groups is 1. The number of Topliss-reactive ketones (excluding diaryl/α,β-unsaturated/α-hetero) is 1. The summed E-state index contributed by atoms with van der Waals surface area (Å²) in [6.45, 7) is 0.110. The number of thiophene rings is 1. The van der Waals surface area contributed by atoms with Crippen molar-refractivity contribution in [2.24, 2.45) is 0 Å². The number of halogens is 1. The minimum absolute atomic E-state index is 0.0116. The van der Waals surface area contributed by atoms with Gasteiger partial charge in [-0.2, -0.15) is 0 Å². The van der Waals surface area contributed by atoms with E-state index in [0.29, 0.717) is 33.9 Å². The Morgan fingerprint density at radius 3 is 2.65 bits per heavy atom. The zero-order chi connectivity index (χ0) is 22.0. The summed E-state index contributed by atoms with van der Waals surface area (Å²) in [6.07, 6.45) is 0.445. The van der Waals surface area contributed by atoms with Gasteiger partial charge in [0.25, 0.3) is 0 Å². The number of imidazole rings is 1. The molecule has 0 aliphatic heterocycles. The average Bonchev–Trinajstić information content (AvgIpc) is 3.42. The molecular formula is C21H18ClN3O4S2. The molecule has 0 saturated heterocycles. The maximum Gasteiger partial charge on any atom is 0.240 e. The van der Waals surface area contributed by atoms with Crippen molar-refractivity contribution in [1.29, 1.82) is 0 Å². The summed E-state index contributed by atoms with van der Waals surface area (Å²) in [7, 11) is -3.67. The zero-order valence-electron chi connectivity index (χ0n) is 16.1. The first kappa shape index (κ1) is 21.5. The Kier molecular flexibility index (Phi) is 6.10. The van der Waals surface area contributed by atoms with Crippen molar-refractivity contribution in [3.8, 4) is 16.5 Å². The molecule has 0 atom stereocenters. The van der Waals surface area contributed by atoms with Gasteiger partial charge in [-0.3, -0.25) is 4.79 Å². The summed E-state index contributed by atoms with van der Waals surface area (Å²) in [5.41, 5.74) is 1.18. The van der Waals surface area contributed by atoms with Crippen molar-refractivity contribution in [1.82, 2.24) is 14.7 Å². The molecular weight excluding hydrogens is 458 g/mol. The number of hydrogen-bond acceptors (Lipinski definition) is 6. The highest BCUT2D eigenvalue weighted by molar-refractivity contribution is 7.89. The minimum Gasteiger partial charge on any atom is -0.506 e. The third kappa shape index (κ3) is 4.64. The number of aromatic hydroxyl groups is 1. The number of aromatic nitrogens is 2. The Morgan fingerprint density at radius 1 is 1.16 bits per heavy atom. The summed E-state index contributed by atoms with van der Waals surface area (Å²) in [6, 6.07) is 12.6. The summed E-state index contributed by atoms with van der Waals surface area (Å²) >= 11 is 7.28. The second-order valence-electron chi connectivity index (χ2n) is 6.80. The van der Waals surface area contributed by atoms with E-state index in [-0.39, 0.29) is 29.4 Å². The molecule has 31 heavy (non-hydrogen) atoms. The van der Waals surface area contributed by atoms with Crippen molar-refractivity contribution in [2.75, 3.05) is 6.54 Å². The molecule has 10 heteroatoms. The molecule has 4 aromatic rings. The summed E-state index contributed by atoms with van der Waals surface area (Å²) in [4.78, 5) is 21.3. The number of aromatic amines is 1. The van der Waals surface area contributed by atoms with Gasteiger partial charge in [0.05, 0.1) is 9.77 Å². The molecule has 0 aliphatic carbocycles. The molecule has 7 nitrogen and oxygen atoms in total. The van der Waals surface area contributed by atoms with E-state index in [0.717, 1.165) is 4.88 Å². The maximum atomic E-state index is 12.8. The van der Waals surface area contributed by atoms with E-state index in [1.165, 1.54) is 47.7 Å². The summed E-state index contributed by atoms with van der Waals surface area (Å²) < 4.78 is 27.1. The second kappa shape index (κ2) is 8.80. The van der Waals surface area contributed by atoms with Crippen LogP contribution in [0.3, 0.4) is 0 Å². The van der Waals surface area contributed by atoms with Crippen molar-refractivity contribution in [2.45, 2.75) is 17.7 Å². The van der Waals surface area contributed by atoms with Gasteiger partial charge >= 0.3 is 0 Å². The number of benzene rings is 2. The monoisotopic (exact) mass is 475 g/mol. The highest BCUT2D eigenvalue weighted by Gasteiger charge is 2.18. The first-order chi connectivity index (χ1) is 14.8. The standard InChI is InChI=1S/C21H18ClN3O4S2/c22-13-5-7-14(8-6-13)31(28,29)23-11-1-3-16(26)15-9-10-17(27)20-19(15)24-21(25-20)18-4-2-12-30-18/h2,4-10,12,23,27H,1,3,11H2,(H,24,25). The number of nitrogens with zero attached hydrogens (tertiary/aromatic N) is 1. The predicted octanol–water partition coefficient (Wildman–Crippen LogP) is 4.59. The van der Waals surface area contributed by atoms with Gasteiger partial charge in [0, 0.05) is 23.6 Å². The lowest BCUT2D eigenvalue weighted by Crippen LogP contribution is -2.25. The lowest BCUT2D eigenvalue weighted by Gasteiger charge is -2.07. The van der Waals surface area contributed by atoms with Crippen molar-refractivity contribution < 1.29 is 18.3 Å². The highest BCUT2D eigenvalue weighted by Crippen LogP contribution is 2.31. The fourth-order valence-corrected chi connectivity index (χ4v) is 4.99. The van der Waals surface area contributed by atoms with Crippen LogP contribution in [0.25, 0.3) is 21.7 Å². The number of hydrogen-bond donors (Lipinski definition) is 3. The van der Waals surface area contributed by atoms with Crippen LogP contribution in [0.1, 0.15) is 23.2 Å². The molecule has 0 radical (unpaired) electrons. The van der Waals surface area contributed by atoms with Crippen LogP contribution in [0.4, 0.5) is 0 Å².